The van der Waals surface area contributed by atoms with Gasteiger partial charge >= 0.3 is 24.1 Å². The molecule has 50 heavy (non-hydrogen) atoms. The largest absolute Gasteiger partial charge is 0.505 e. The highest BCUT2D eigenvalue weighted by molar-refractivity contribution is 6.90. The summed E-state index contributed by atoms with van der Waals surface area (Å²) in [5.41, 5.74) is 1.25. The Hall–Kier alpha value is -4.59. The van der Waals surface area contributed by atoms with Crippen LogP contribution in [0.1, 0.15) is 78.6 Å². The van der Waals surface area contributed by atoms with Gasteiger partial charge in [-0.2, -0.15) is 0 Å². The van der Waals surface area contributed by atoms with Gasteiger partial charge < -0.3 is 33.9 Å². The van der Waals surface area contributed by atoms with E-state index in [4.69, 9.17) is 23.9 Å². The molecule has 1 aromatic heterocycles. The molecule has 3 N–H and O–H groups in total. The number of benzene rings is 1. The maximum atomic E-state index is 13.4. The van der Waals surface area contributed by atoms with Crippen LogP contribution in [0.15, 0.2) is 23.3 Å². The van der Waals surface area contributed by atoms with Gasteiger partial charge in [0, 0.05) is 23.3 Å². The van der Waals surface area contributed by atoms with Crippen LogP contribution in [-0.4, -0.2) is 76.8 Å². The summed E-state index contributed by atoms with van der Waals surface area (Å²) in [6, 6.07) is 4.91. The number of aliphatic hydroxyl groups is 1. The quantitative estimate of drug-likeness (QED) is 0.187. The molecule has 0 radical (unpaired) electrons. The van der Waals surface area contributed by atoms with Gasteiger partial charge in [-0.15, -0.1) is 0 Å². The monoisotopic (exact) mass is 708 g/mol. The Morgan fingerprint density at radius 1 is 1.06 bits per heavy atom. The topological polar surface area (TPSA) is 167 Å². The second-order valence-corrected chi connectivity index (χ2v) is 20.5. The summed E-state index contributed by atoms with van der Waals surface area (Å²) in [5.74, 6) is -1.72. The van der Waals surface area contributed by atoms with Crippen molar-refractivity contribution in [2.75, 3.05) is 18.5 Å². The lowest BCUT2D eigenvalue weighted by Crippen LogP contribution is -2.53. The minimum absolute atomic E-state index is 0.0318. The number of anilines is 1. The van der Waals surface area contributed by atoms with Crippen molar-refractivity contribution in [3.8, 4) is 0 Å². The Morgan fingerprint density at radius 3 is 2.34 bits per heavy atom. The summed E-state index contributed by atoms with van der Waals surface area (Å²) in [6.45, 7) is 18.6. The van der Waals surface area contributed by atoms with Gasteiger partial charge in [-0.1, -0.05) is 38.2 Å². The number of carbonyl (C=O) groups is 4. The molecule has 0 saturated carbocycles. The molecular weight excluding hydrogens is 661 g/mol. The van der Waals surface area contributed by atoms with E-state index >= 15 is 0 Å². The van der Waals surface area contributed by atoms with E-state index in [1.54, 1.807) is 27.7 Å². The molecule has 0 bridgehead atoms. The van der Waals surface area contributed by atoms with Gasteiger partial charge in [0.2, 0.25) is 5.60 Å². The van der Waals surface area contributed by atoms with Crippen LogP contribution in [-0.2, 0) is 41.5 Å². The van der Waals surface area contributed by atoms with Crippen molar-refractivity contribution in [1.82, 2.24) is 14.9 Å². The van der Waals surface area contributed by atoms with Crippen molar-refractivity contribution in [3.05, 3.63) is 50.9 Å². The summed E-state index contributed by atoms with van der Waals surface area (Å²) in [4.78, 5) is 56.2. The van der Waals surface area contributed by atoms with Crippen LogP contribution >= 0.6 is 0 Å². The van der Waals surface area contributed by atoms with E-state index in [0.717, 1.165) is 17.2 Å². The Balaban J connectivity index is 1.53. The normalized spacial score (nSPS) is 18.4. The van der Waals surface area contributed by atoms with E-state index in [2.05, 4.69) is 30.7 Å². The van der Waals surface area contributed by atoms with Crippen molar-refractivity contribution in [2.45, 2.75) is 111 Å². The van der Waals surface area contributed by atoms with Crippen molar-refractivity contribution >= 4 is 54.9 Å². The number of amides is 2. The maximum Gasteiger partial charge on any atom is 0.412 e. The number of hydrogen-bond donors (Lipinski definition) is 3. The fourth-order valence-electron chi connectivity index (χ4n) is 6.47. The molecule has 1 unspecified atom stereocenters. The van der Waals surface area contributed by atoms with E-state index in [9.17, 15) is 24.3 Å². The summed E-state index contributed by atoms with van der Waals surface area (Å²) < 4.78 is 24.0. The van der Waals surface area contributed by atoms with Crippen LogP contribution in [0.4, 0.5) is 15.3 Å². The highest BCUT2D eigenvalue weighted by Crippen LogP contribution is 2.39. The number of fused-ring (bicyclic) bond motifs is 4. The standard InChI is InChI=1S/C36H48N4O9Si/c1-11-36(47-28(41)17-37-32(44)48-34(3,4)5)24-16-25-29(30(42)23(24)19-46-31(36)43)40-18-22-20(14-27(40)39-25)13-21(15-26(22)50(9,10)12-2)38-33(45)49-35(6,7)8/h13-15,42H,11-12,16-19H2,1-10H3,(H,37,44)(H,38,45). The van der Waals surface area contributed by atoms with Gasteiger partial charge in [-0.05, 0) is 77.3 Å². The number of ether oxygens (including phenoxy) is 4. The number of alkyl carbamates (subject to hydrolysis) is 1. The Kier molecular flexibility index (Phi) is 9.49. The molecule has 0 saturated heterocycles. The first-order valence-corrected chi connectivity index (χ1v) is 20.2. The lowest BCUT2D eigenvalue weighted by Gasteiger charge is -2.38. The first-order valence-electron chi connectivity index (χ1n) is 16.9. The molecule has 1 aliphatic carbocycles. The number of nitrogens with zero attached hydrogens (tertiary/aromatic N) is 2. The molecule has 0 fully saturated rings. The number of cyclic esters (lactones) is 1. The van der Waals surface area contributed by atoms with E-state index < -0.39 is 55.5 Å². The third-order valence-electron chi connectivity index (χ3n) is 9.16. The molecule has 2 aromatic rings. The van der Waals surface area contributed by atoms with Crippen molar-refractivity contribution in [1.29, 1.82) is 0 Å². The third-order valence-corrected chi connectivity index (χ3v) is 12.8. The minimum Gasteiger partial charge on any atom is -0.505 e. The van der Waals surface area contributed by atoms with Crippen LogP contribution in [0, 0.1) is 0 Å². The smallest absolute Gasteiger partial charge is 0.412 e. The summed E-state index contributed by atoms with van der Waals surface area (Å²) in [6.07, 6.45) is 0.748. The molecule has 1 atom stereocenters. The number of nitrogens with one attached hydrogen (secondary N) is 2. The first kappa shape index (κ1) is 36.7. The number of esters is 2. The van der Waals surface area contributed by atoms with Crippen LogP contribution in [0.5, 0.6) is 0 Å². The molecule has 13 nitrogen and oxygen atoms in total. The van der Waals surface area contributed by atoms with Gasteiger partial charge in [0.1, 0.15) is 40.9 Å². The van der Waals surface area contributed by atoms with E-state index in [-0.39, 0.29) is 25.2 Å². The number of aliphatic hydroxyl groups excluding tert-OH is 1. The van der Waals surface area contributed by atoms with Crippen molar-refractivity contribution in [3.63, 3.8) is 0 Å². The van der Waals surface area contributed by atoms with E-state index in [1.807, 2.05) is 43.5 Å². The van der Waals surface area contributed by atoms with Gasteiger partial charge in [0.25, 0.3) is 0 Å². The number of carbonyl (C=O) groups excluding carboxylic acids is 4. The minimum atomic E-state index is -1.98. The Labute approximate surface area is 292 Å². The molecule has 0 spiro atoms. The number of aromatic nitrogens is 2. The zero-order chi connectivity index (χ0) is 37.0. The molecule has 270 valence electrons. The predicted molar refractivity (Wildman–Crippen MR) is 189 cm³/mol. The fraction of sp³-hybridized carbons (Fsp3) is 0.528. The highest BCUT2D eigenvalue weighted by atomic mass is 28.3. The third kappa shape index (κ3) is 7.16. The van der Waals surface area contributed by atoms with Crippen LogP contribution in [0.3, 0.4) is 0 Å². The zero-order valence-corrected chi connectivity index (χ0v) is 31.6. The Bertz CT molecular complexity index is 1930. The van der Waals surface area contributed by atoms with Crippen LogP contribution in [0.25, 0.3) is 11.8 Å². The second kappa shape index (κ2) is 12.9. The van der Waals surface area contributed by atoms with Gasteiger partial charge in [-0.3, -0.25) is 10.1 Å². The van der Waals surface area contributed by atoms with Crippen LogP contribution < -0.4 is 26.6 Å². The van der Waals surface area contributed by atoms with Crippen molar-refractivity contribution < 1.29 is 43.2 Å². The average molecular weight is 709 g/mol. The van der Waals surface area contributed by atoms with E-state index in [0.29, 0.717) is 39.9 Å². The molecule has 1 aromatic carbocycles. The number of imidazole rings is 1. The number of rotatable bonds is 7. The van der Waals surface area contributed by atoms with Crippen LogP contribution in [0.2, 0.25) is 19.1 Å². The number of hydrogen-bond acceptors (Lipinski definition) is 10. The summed E-state index contributed by atoms with van der Waals surface area (Å²) in [5, 5.41) is 18.8. The Morgan fingerprint density at radius 2 is 1.72 bits per heavy atom. The van der Waals surface area contributed by atoms with E-state index in [1.165, 1.54) is 5.19 Å². The molecule has 2 amide bonds. The average Bonchev–Trinajstić information content (AvgIpc) is 3.35. The second-order valence-electron chi connectivity index (χ2n) is 15.5. The molecule has 5 rings (SSSR count). The molecule has 2 aliphatic heterocycles. The van der Waals surface area contributed by atoms with Gasteiger partial charge in [-0.25, -0.2) is 19.4 Å². The van der Waals surface area contributed by atoms with Crippen molar-refractivity contribution in [2.24, 2.45) is 0 Å². The van der Waals surface area contributed by atoms with Gasteiger partial charge in [0.15, 0.2) is 0 Å². The molecule has 3 heterocycles. The van der Waals surface area contributed by atoms with Gasteiger partial charge in [0.05, 0.1) is 20.3 Å². The lowest BCUT2D eigenvalue weighted by atomic mass is 9.80. The summed E-state index contributed by atoms with van der Waals surface area (Å²) >= 11 is 0. The maximum absolute atomic E-state index is 13.4. The molecular formula is C36H48N4O9Si. The predicted octanol–water partition coefficient (Wildman–Crippen LogP) is 3.65. The fourth-order valence-corrected chi connectivity index (χ4v) is 8.43. The highest BCUT2D eigenvalue weighted by Gasteiger charge is 2.52. The first-order chi connectivity index (χ1) is 23.2. The SMILES string of the molecule is CCC1(OC(=O)CNC(=O)OC(C)(C)C)C(=O)OCC2=C1Cc1nc3n(c1=C2O)Cc1c(cc(NC(=O)OC(C)(C)C)cc1[Si](C)(C)CC)C=3. The zero-order valence-electron chi connectivity index (χ0n) is 30.6. The lowest BCUT2D eigenvalue weighted by molar-refractivity contribution is -0.179. The summed E-state index contributed by atoms with van der Waals surface area (Å²) in [7, 11) is -1.98. The molecule has 3 aliphatic rings. The molecule has 14 heteroatoms.